The van der Waals surface area contributed by atoms with Gasteiger partial charge in [0.1, 0.15) is 5.82 Å². The molecular formula is C20H15FN4O4. The van der Waals surface area contributed by atoms with Crippen molar-refractivity contribution >= 4 is 23.0 Å². The van der Waals surface area contributed by atoms with E-state index < -0.39 is 28.7 Å². The number of rotatable bonds is 3. The minimum atomic E-state index is -1.65. The highest BCUT2D eigenvalue weighted by Gasteiger charge is 2.80. The minimum Gasteiger partial charge on any atom is -0.343 e. The van der Waals surface area contributed by atoms with Crippen LogP contribution in [0.2, 0.25) is 0 Å². The molecule has 3 aromatic rings. The van der Waals surface area contributed by atoms with Gasteiger partial charge in [0.25, 0.3) is 11.3 Å². The maximum Gasteiger partial charge on any atom is 0.306 e. The normalized spacial score (nSPS) is 25.3. The molecule has 5 rings (SSSR count). The number of aromatic nitrogens is 2. The second-order valence-corrected chi connectivity index (χ2v) is 6.84. The number of fused-ring (bicyclic) bond motifs is 2. The van der Waals surface area contributed by atoms with Gasteiger partial charge in [0, 0.05) is 31.4 Å². The van der Waals surface area contributed by atoms with Crippen LogP contribution in [0.5, 0.6) is 0 Å². The lowest BCUT2D eigenvalue weighted by Crippen LogP contribution is -2.48. The Bertz CT molecular complexity index is 1260. The zero-order valence-electron chi connectivity index (χ0n) is 15.5. The van der Waals surface area contributed by atoms with Gasteiger partial charge in [-0.25, -0.2) is 9.40 Å². The first-order valence-corrected chi connectivity index (χ1v) is 8.78. The van der Waals surface area contributed by atoms with Crippen molar-refractivity contribution < 1.29 is 18.7 Å². The molecule has 2 aliphatic rings. The molecule has 29 heavy (non-hydrogen) atoms. The summed E-state index contributed by atoms with van der Waals surface area (Å²) < 4.78 is 26.0. The van der Waals surface area contributed by atoms with Crippen LogP contribution >= 0.6 is 0 Å². The monoisotopic (exact) mass is 394 g/mol. The van der Waals surface area contributed by atoms with Gasteiger partial charge in [-0.05, 0) is 36.4 Å². The van der Waals surface area contributed by atoms with Crippen LogP contribution in [-0.2, 0) is 19.9 Å². The predicted octanol–water partition coefficient (Wildman–Crippen LogP) is 1.55. The zero-order chi connectivity index (χ0) is 20.4. The minimum absolute atomic E-state index is 0.188. The number of hydrazone groups is 1. The van der Waals surface area contributed by atoms with Gasteiger partial charge in [0.05, 0.1) is 23.5 Å². The third kappa shape index (κ3) is 2.19. The van der Waals surface area contributed by atoms with E-state index in [0.717, 1.165) is 5.01 Å². The van der Waals surface area contributed by atoms with Crippen molar-refractivity contribution in [2.75, 3.05) is 14.2 Å². The van der Waals surface area contributed by atoms with Crippen molar-refractivity contribution in [3.63, 3.8) is 0 Å². The van der Waals surface area contributed by atoms with Crippen LogP contribution in [0.3, 0.4) is 0 Å². The second-order valence-electron chi connectivity index (χ2n) is 6.84. The van der Waals surface area contributed by atoms with Crippen LogP contribution in [0, 0.1) is 5.82 Å². The highest BCUT2D eigenvalue weighted by atomic mass is 19.1. The fourth-order valence-corrected chi connectivity index (χ4v) is 3.80. The first-order valence-electron chi connectivity index (χ1n) is 8.78. The molecule has 1 aromatic carbocycles. The standard InChI is InChI=1S/C20H15FN4O4/c1-24-18(27)20(28-2)19(29-20,11-23-24)15-9-12-7-8-22-10-16(12)25(17(15)26)14-5-3-13(21)4-6-14/h3-11H,1-2H3. The fourth-order valence-electron chi connectivity index (χ4n) is 3.80. The molecule has 4 heterocycles. The van der Waals surface area contributed by atoms with Gasteiger partial charge in [0.2, 0.25) is 5.60 Å². The Morgan fingerprint density at radius 3 is 2.66 bits per heavy atom. The first kappa shape index (κ1) is 17.7. The Kier molecular flexibility index (Phi) is 3.52. The predicted molar refractivity (Wildman–Crippen MR) is 101 cm³/mol. The number of hydrogen-bond acceptors (Lipinski definition) is 6. The maximum absolute atomic E-state index is 13.6. The fraction of sp³-hybridized carbons (Fsp3) is 0.200. The summed E-state index contributed by atoms with van der Waals surface area (Å²) in [6, 6.07) is 8.90. The summed E-state index contributed by atoms with van der Waals surface area (Å²) in [4.78, 5) is 30.3. The number of epoxide rings is 1. The average Bonchev–Trinajstić information content (AvgIpc) is 3.43. The van der Waals surface area contributed by atoms with Crippen LogP contribution in [-0.4, -0.2) is 46.6 Å². The largest absolute Gasteiger partial charge is 0.343 e. The number of benzene rings is 1. The molecule has 1 amide bonds. The van der Waals surface area contributed by atoms with E-state index in [0.29, 0.717) is 16.6 Å². The smallest absolute Gasteiger partial charge is 0.306 e. The van der Waals surface area contributed by atoms with Gasteiger partial charge < -0.3 is 9.47 Å². The molecule has 2 atom stereocenters. The van der Waals surface area contributed by atoms with Crippen molar-refractivity contribution in [2.45, 2.75) is 11.4 Å². The van der Waals surface area contributed by atoms with Gasteiger partial charge >= 0.3 is 5.91 Å². The van der Waals surface area contributed by atoms with E-state index in [4.69, 9.17) is 9.47 Å². The molecule has 0 bridgehead atoms. The van der Waals surface area contributed by atoms with E-state index in [-0.39, 0.29) is 5.56 Å². The number of pyridine rings is 2. The summed E-state index contributed by atoms with van der Waals surface area (Å²) in [5, 5.41) is 5.85. The molecule has 2 aromatic heterocycles. The number of nitrogens with zero attached hydrogens (tertiary/aromatic N) is 4. The van der Waals surface area contributed by atoms with Crippen molar-refractivity contribution in [3.05, 3.63) is 70.5 Å². The molecule has 8 nitrogen and oxygen atoms in total. The third-order valence-electron chi connectivity index (χ3n) is 5.32. The molecule has 2 unspecified atom stereocenters. The van der Waals surface area contributed by atoms with Gasteiger partial charge in [-0.3, -0.25) is 19.1 Å². The number of ether oxygens (including phenoxy) is 2. The molecule has 0 N–H and O–H groups in total. The lowest BCUT2D eigenvalue weighted by Gasteiger charge is -2.24. The second kappa shape index (κ2) is 5.79. The average molecular weight is 394 g/mol. The molecule has 2 aliphatic heterocycles. The molecule has 0 radical (unpaired) electrons. The van der Waals surface area contributed by atoms with E-state index in [2.05, 4.69) is 10.1 Å². The van der Waals surface area contributed by atoms with E-state index in [1.807, 2.05) is 0 Å². The number of amides is 1. The zero-order valence-corrected chi connectivity index (χ0v) is 15.5. The SMILES string of the molecule is COC12OC1(c1cc3ccncc3n(-c3ccc(F)cc3)c1=O)C=NN(C)C2=O. The number of hydrogen-bond donors (Lipinski definition) is 0. The highest BCUT2D eigenvalue weighted by molar-refractivity contribution is 6.00. The molecule has 9 heteroatoms. The van der Waals surface area contributed by atoms with E-state index in [1.54, 1.807) is 24.5 Å². The van der Waals surface area contributed by atoms with Crippen LogP contribution in [0.4, 0.5) is 4.39 Å². The summed E-state index contributed by atoms with van der Waals surface area (Å²) in [7, 11) is 2.82. The number of likely N-dealkylation sites (N-methyl/N-ethyl adjacent to an activating group) is 1. The van der Waals surface area contributed by atoms with Crippen LogP contribution in [0.1, 0.15) is 5.56 Å². The summed E-state index contributed by atoms with van der Waals surface area (Å²) in [5.41, 5.74) is -0.717. The topological polar surface area (TPSA) is 89.3 Å². The third-order valence-corrected chi connectivity index (χ3v) is 5.32. The number of methoxy groups -OCH3 is 1. The maximum atomic E-state index is 13.6. The van der Waals surface area contributed by atoms with Crippen molar-refractivity contribution in [1.82, 2.24) is 14.6 Å². The highest BCUT2D eigenvalue weighted by Crippen LogP contribution is 2.57. The molecule has 0 aliphatic carbocycles. The Labute approximate surface area is 163 Å². The quantitative estimate of drug-likeness (QED) is 0.629. The van der Waals surface area contributed by atoms with Gasteiger partial charge in [-0.1, -0.05) is 0 Å². The Balaban J connectivity index is 1.83. The van der Waals surface area contributed by atoms with Gasteiger partial charge in [-0.15, -0.1) is 0 Å². The number of halogens is 1. The molecular weight excluding hydrogens is 379 g/mol. The molecule has 146 valence electrons. The lowest BCUT2D eigenvalue weighted by molar-refractivity contribution is -0.153. The Morgan fingerprint density at radius 1 is 1.17 bits per heavy atom. The number of carbonyl (C=O) groups is 1. The molecule has 0 saturated carbocycles. The lowest BCUT2D eigenvalue weighted by atomic mass is 9.92. The van der Waals surface area contributed by atoms with E-state index >= 15 is 0 Å². The summed E-state index contributed by atoms with van der Waals surface area (Å²) in [6.45, 7) is 0. The van der Waals surface area contributed by atoms with E-state index in [9.17, 15) is 14.0 Å². The number of carbonyl (C=O) groups excluding carboxylic acids is 1. The van der Waals surface area contributed by atoms with Crippen LogP contribution in [0.25, 0.3) is 16.6 Å². The Morgan fingerprint density at radius 2 is 1.93 bits per heavy atom. The van der Waals surface area contributed by atoms with Crippen LogP contribution < -0.4 is 5.56 Å². The van der Waals surface area contributed by atoms with E-state index in [1.165, 1.54) is 49.2 Å². The molecule has 1 saturated heterocycles. The summed E-state index contributed by atoms with van der Waals surface area (Å²) >= 11 is 0. The molecule has 1 fully saturated rings. The summed E-state index contributed by atoms with van der Waals surface area (Å²) in [6.07, 6.45) is 4.54. The van der Waals surface area contributed by atoms with Crippen molar-refractivity contribution in [2.24, 2.45) is 5.10 Å². The van der Waals surface area contributed by atoms with Gasteiger partial charge in [-0.2, -0.15) is 5.10 Å². The van der Waals surface area contributed by atoms with Crippen molar-refractivity contribution in [1.29, 1.82) is 0 Å². The Hall–Kier alpha value is -3.43. The van der Waals surface area contributed by atoms with Crippen LogP contribution in [0.15, 0.2) is 58.7 Å². The van der Waals surface area contributed by atoms with Crippen molar-refractivity contribution in [3.8, 4) is 5.69 Å². The van der Waals surface area contributed by atoms with Gasteiger partial charge in [0.15, 0.2) is 0 Å². The first-order chi connectivity index (χ1) is 13.9. The summed E-state index contributed by atoms with van der Waals surface area (Å²) in [5.74, 6) is -2.58. The molecule has 0 spiro atoms.